The van der Waals surface area contributed by atoms with Crippen LogP contribution in [0.15, 0.2) is 0 Å². The molecule has 2 aliphatic rings. The molecule has 4 heteroatoms. The maximum Gasteiger partial charge on any atom is 0.141 e. The van der Waals surface area contributed by atoms with Crippen molar-refractivity contribution in [2.45, 2.75) is 43.0 Å². The Morgan fingerprint density at radius 1 is 1.25 bits per heavy atom. The second-order valence-electron chi connectivity index (χ2n) is 4.86. The molecule has 0 bridgehead atoms. The van der Waals surface area contributed by atoms with E-state index in [1.165, 1.54) is 0 Å². The van der Waals surface area contributed by atoms with Gasteiger partial charge >= 0.3 is 0 Å². The molecule has 0 spiro atoms. The fourth-order valence-corrected chi connectivity index (χ4v) is 4.64. The molecule has 1 saturated heterocycles. The van der Waals surface area contributed by atoms with Gasteiger partial charge in [-0.1, -0.05) is 43.5 Å². The Labute approximate surface area is 108 Å². The largest absolute Gasteiger partial charge is 0.379 e. The first-order chi connectivity index (χ1) is 7.61. The van der Waals surface area contributed by atoms with Gasteiger partial charge in [0, 0.05) is 19.0 Å². The van der Waals surface area contributed by atoms with Crippen LogP contribution in [-0.2, 0) is 4.74 Å². The van der Waals surface area contributed by atoms with Crippen molar-refractivity contribution >= 4 is 23.2 Å². The normalized spacial score (nSPS) is 38.6. The molecule has 2 atom stereocenters. The molecule has 0 amide bonds. The van der Waals surface area contributed by atoms with Crippen LogP contribution in [0.2, 0.25) is 0 Å². The van der Waals surface area contributed by atoms with E-state index in [4.69, 9.17) is 27.9 Å². The lowest BCUT2D eigenvalue weighted by Crippen LogP contribution is -2.48. The monoisotopic (exact) mass is 265 g/mol. The molecular formula is C12H21Cl2NO. The molecule has 0 N–H and O–H groups in total. The molecule has 2 fully saturated rings. The number of ether oxygens (including phenoxy) is 1. The average molecular weight is 266 g/mol. The molecule has 2 nitrogen and oxygen atoms in total. The Bertz CT molecular complexity index is 253. The standard InChI is InChI=1S/C12H21Cl2NO/c1-3-5-11(10(4-2)12(11,13)14)15-6-8-16-9-7-15/h10H,3-9H2,1-2H3. The first-order valence-corrected chi connectivity index (χ1v) is 7.07. The maximum absolute atomic E-state index is 6.53. The molecule has 1 heterocycles. The van der Waals surface area contributed by atoms with Crippen LogP contribution in [-0.4, -0.2) is 41.1 Å². The van der Waals surface area contributed by atoms with Gasteiger partial charge in [0.1, 0.15) is 4.33 Å². The van der Waals surface area contributed by atoms with Gasteiger partial charge in [0.15, 0.2) is 0 Å². The third-order valence-corrected chi connectivity index (χ3v) is 5.30. The fourth-order valence-electron chi connectivity index (χ4n) is 3.39. The molecule has 0 radical (unpaired) electrons. The minimum absolute atomic E-state index is 0.0173. The first kappa shape index (κ1) is 12.9. The van der Waals surface area contributed by atoms with Crippen molar-refractivity contribution in [3.05, 3.63) is 0 Å². The van der Waals surface area contributed by atoms with Gasteiger partial charge in [-0.3, -0.25) is 4.90 Å². The van der Waals surface area contributed by atoms with E-state index in [1.807, 2.05) is 0 Å². The topological polar surface area (TPSA) is 12.5 Å². The fraction of sp³-hybridized carbons (Fsp3) is 1.00. The highest BCUT2D eigenvalue weighted by molar-refractivity contribution is 6.52. The van der Waals surface area contributed by atoms with Crippen molar-refractivity contribution in [3.63, 3.8) is 0 Å². The lowest BCUT2D eigenvalue weighted by molar-refractivity contribution is 0.00196. The average Bonchev–Trinajstić information content (AvgIpc) is 2.77. The smallest absolute Gasteiger partial charge is 0.141 e. The summed E-state index contributed by atoms with van der Waals surface area (Å²) in [5.41, 5.74) is 0.0173. The third kappa shape index (κ3) is 1.69. The van der Waals surface area contributed by atoms with Gasteiger partial charge in [-0.15, -0.1) is 0 Å². The van der Waals surface area contributed by atoms with Crippen molar-refractivity contribution in [1.82, 2.24) is 4.90 Å². The Hall–Kier alpha value is 0.500. The van der Waals surface area contributed by atoms with E-state index < -0.39 is 4.33 Å². The zero-order valence-corrected chi connectivity index (χ0v) is 11.7. The highest BCUT2D eigenvalue weighted by Crippen LogP contribution is 2.68. The lowest BCUT2D eigenvalue weighted by atomic mass is 10.0. The second-order valence-corrected chi connectivity index (χ2v) is 6.24. The number of rotatable bonds is 4. The van der Waals surface area contributed by atoms with Crippen LogP contribution in [0.4, 0.5) is 0 Å². The second kappa shape index (κ2) is 4.64. The number of alkyl halides is 2. The molecule has 1 aliphatic carbocycles. The van der Waals surface area contributed by atoms with Gasteiger partial charge in [-0.05, 0) is 12.8 Å². The Balaban J connectivity index is 2.16. The summed E-state index contributed by atoms with van der Waals surface area (Å²) in [5.74, 6) is 0.418. The van der Waals surface area contributed by atoms with E-state index in [0.717, 1.165) is 45.6 Å². The van der Waals surface area contributed by atoms with Crippen molar-refractivity contribution in [2.75, 3.05) is 26.3 Å². The van der Waals surface area contributed by atoms with Crippen LogP contribution in [0, 0.1) is 5.92 Å². The summed E-state index contributed by atoms with van der Waals surface area (Å²) in [4.78, 5) is 2.47. The summed E-state index contributed by atoms with van der Waals surface area (Å²) in [7, 11) is 0. The van der Waals surface area contributed by atoms with Crippen LogP contribution in [0.5, 0.6) is 0 Å². The minimum atomic E-state index is -0.547. The van der Waals surface area contributed by atoms with Gasteiger partial charge in [0.05, 0.1) is 18.8 Å². The van der Waals surface area contributed by atoms with Crippen molar-refractivity contribution in [3.8, 4) is 0 Å². The van der Waals surface area contributed by atoms with Gasteiger partial charge in [0.2, 0.25) is 0 Å². The van der Waals surface area contributed by atoms with Crippen LogP contribution in [0.25, 0.3) is 0 Å². The number of hydrogen-bond acceptors (Lipinski definition) is 2. The van der Waals surface area contributed by atoms with E-state index in [-0.39, 0.29) is 5.54 Å². The summed E-state index contributed by atoms with van der Waals surface area (Å²) in [6.45, 7) is 7.95. The highest BCUT2D eigenvalue weighted by atomic mass is 35.5. The van der Waals surface area contributed by atoms with Gasteiger partial charge in [0.25, 0.3) is 0 Å². The third-order valence-electron chi connectivity index (χ3n) is 4.12. The molecule has 0 aromatic carbocycles. The number of hydrogen-bond donors (Lipinski definition) is 0. The zero-order chi connectivity index (χ0) is 11.8. The van der Waals surface area contributed by atoms with Crippen molar-refractivity contribution in [1.29, 1.82) is 0 Å². The molecule has 2 unspecified atom stereocenters. The lowest BCUT2D eigenvalue weighted by Gasteiger charge is -2.36. The maximum atomic E-state index is 6.53. The molecule has 0 aromatic heterocycles. The number of halogens is 2. The van der Waals surface area contributed by atoms with E-state index in [9.17, 15) is 0 Å². The predicted octanol–water partition coefficient (Wildman–Crippen LogP) is 3.07. The Morgan fingerprint density at radius 2 is 1.88 bits per heavy atom. The van der Waals surface area contributed by atoms with E-state index in [0.29, 0.717) is 5.92 Å². The van der Waals surface area contributed by atoms with Crippen molar-refractivity contribution < 1.29 is 4.74 Å². The van der Waals surface area contributed by atoms with E-state index in [2.05, 4.69) is 18.7 Å². The summed E-state index contributed by atoms with van der Waals surface area (Å²) in [6.07, 6.45) is 3.29. The van der Waals surface area contributed by atoms with Crippen LogP contribution in [0.1, 0.15) is 33.1 Å². The van der Waals surface area contributed by atoms with E-state index >= 15 is 0 Å². The summed E-state index contributed by atoms with van der Waals surface area (Å²) >= 11 is 13.1. The number of nitrogens with zero attached hydrogens (tertiary/aromatic N) is 1. The van der Waals surface area contributed by atoms with Gasteiger partial charge in [-0.2, -0.15) is 0 Å². The van der Waals surface area contributed by atoms with Crippen molar-refractivity contribution in [2.24, 2.45) is 5.92 Å². The van der Waals surface area contributed by atoms with Gasteiger partial charge < -0.3 is 4.74 Å². The molecular weight excluding hydrogens is 245 g/mol. The molecule has 94 valence electrons. The molecule has 0 aromatic rings. The zero-order valence-electron chi connectivity index (χ0n) is 10.1. The van der Waals surface area contributed by atoms with Crippen LogP contribution >= 0.6 is 23.2 Å². The Kier molecular flexibility index (Phi) is 3.75. The van der Waals surface area contributed by atoms with Crippen LogP contribution < -0.4 is 0 Å². The Morgan fingerprint density at radius 3 is 2.31 bits per heavy atom. The van der Waals surface area contributed by atoms with E-state index in [1.54, 1.807) is 0 Å². The minimum Gasteiger partial charge on any atom is -0.379 e. The molecule has 2 rings (SSSR count). The number of morpholine rings is 1. The first-order valence-electron chi connectivity index (χ1n) is 6.31. The molecule has 1 aliphatic heterocycles. The summed E-state index contributed by atoms with van der Waals surface area (Å²) in [5, 5.41) is 0. The highest BCUT2D eigenvalue weighted by Gasteiger charge is 2.76. The van der Waals surface area contributed by atoms with Crippen LogP contribution in [0.3, 0.4) is 0 Å². The molecule has 1 saturated carbocycles. The van der Waals surface area contributed by atoms with Gasteiger partial charge in [-0.25, -0.2) is 0 Å². The predicted molar refractivity (Wildman–Crippen MR) is 68.2 cm³/mol. The summed E-state index contributed by atoms with van der Waals surface area (Å²) in [6, 6.07) is 0. The molecule has 16 heavy (non-hydrogen) atoms. The quantitative estimate of drug-likeness (QED) is 0.725. The summed E-state index contributed by atoms with van der Waals surface area (Å²) < 4.78 is 4.86. The SMILES string of the molecule is CCCC1(N2CCOCC2)C(CC)C1(Cl)Cl.